The molecule has 0 unspecified atom stereocenters. The smallest absolute Gasteiger partial charge is 0.169 e. The van der Waals surface area contributed by atoms with Crippen molar-refractivity contribution in [1.82, 2.24) is 4.98 Å². The van der Waals surface area contributed by atoms with E-state index in [1.165, 1.54) is 12.8 Å². The van der Waals surface area contributed by atoms with Crippen LogP contribution in [0.1, 0.15) is 44.1 Å². The van der Waals surface area contributed by atoms with Gasteiger partial charge in [-0.3, -0.25) is 9.78 Å². The number of hydrogen-bond donors (Lipinski definition) is 0. The quantitative estimate of drug-likeness (QED) is 0.792. The molecule has 1 aromatic rings. The molecule has 2 rings (SSSR count). The molecule has 0 saturated heterocycles. The second kappa shape index (κ2) is 6.62. The number of hydrogen-bond acceptors (Lipinski definition) is 3. The Labute approximate surface area is 122 Å². The summed E-state index contributed by atoms with van der Waals surface area (Å²) in [6.45, 7) is 0. The summed E-state index contributed by atoms with van der Waals surface area (Å²) in [6, 6.07) is 1.95. The van der Waals surface area contributed by atoms with Crippen molar-refractivity contribution in [3.05, 3.63) is 28.5 Å². The number of nitrogens with zero attached hydrogens (tertiary/aromatic N) is 1. The van der Waals surface area contributed by atoms with Gasteiger partial charge in [-0.05, 0) is 40.4 Å². The predicted molar refractivity (Wildman–Crippen MR) is 78.1 cm³/mol. The number of ketones is 1. The van der Waals surface area contributed by atoms with E-state index < -0.39 is 5.60 Å². The summed E-state index contributed by atoms with van der Waals surface area (Å²) < 4.78 is 6.55. The molecule has 1 fully saturated rings. The van der Waals surface area contributed by atoms with Crippen molar-refractivity contribution < 1.29 is 9.53 Å². The molecule has 1 aromatic heterocycles. The molecule has 0 bridgehead atoms. The van der Waals surface area contributed by atoms with E-state index in [4.69, 9.17) is 4.74 Å². The maximum absolute atomic E-state index is 12.6. The van der Waals surface area contributed by atoms with Crippen LogP contribution in [0.25, 0.3) is 0 Å². The SMILES string of the molecule is COC1(C(=O)Cc2cncc(Br)c2)CCCCCC1. The lowest BCUT2D eigenvalue weighted by atomic mass is 9.86. The topological polar surface area (TPSA) is 39.2 Å². The first-order chi connectivity index (χ1) is 9.16. The van der Waals surface area contributed by atoms with Crippen LogP contribution in [0.4, 0.5) is 0 Å². The highest BCUT2D eigenvalue weighted by molar-refractivity contribution is 9.10. The van der Waals surface area contributed by atoms with Crippen molar-refractivity contribution in [2.75, 3.05) is 7.11 Å². The van der Waals surface area contributed by atoms with Crippen LogP contribution in [0, 0.1) is 0 Å². The monoisotopic (exact) mass is 325 g/mol. The number of Topliss-reactive ketones (excluding diaryl/α,β-unsaturated/α-hetero) is 1. The minimum absolute atomic E-state index is 0.191. The first-order valence-corrected chi connectivity index (χ1v) is 7.63. The van der Waals surface area contributed by atoms with Crippen molar-refractivity contribution in [3.63, 3.8) is 0 Å². The Hall–Kier alpha value is -0.740. The molecule has 0 aromatic carbocycles. The number of carbonyl (C=O) groups is 1. The van der Waals surface area contributed by atoms with Gasteiger partial charge in [0.05, 0.1) is 0 Å². The number of ether oxygens (including phenoxy) is 1. The van der Waals surface area contributed by atoms with Crippen LogP contribution in [0.2, 0.25) is 0 Å². The van der Waals surface area contributed by atoms with Gasteiger partial charge in [0.15, 0.2) is 5.78 Å². The van der Waals surface area contributed by atoms with Crippen molar-refractivity contribution in [2.45, 2.75) is 50.5 Å². The Balaban J connectivity index is 2.12. The first-order valence-electron chi connectivity index (χ1n) is 6.84. The zero-order chi connectivity index (χ0) is 13.7. The van der Waals surface area contributed by atoms with Crippen LogP contribution >= 0.6 is 15.9 Å². The largest absolute Gasteiger partial charge is 0.370 e. The number of aromatic nitrogens is 1. The summed E-state index contributed by atoms with van der Waals surface area (Å²) in [5.41, 5.74) is 0.374. The van der Waals surface area contributed by atoms with E-state index >= 15 is 0 Å². The Morgan fingerprint density at radius 2 is 2.00 bits per heavy atom. The predicted octanol–water partition coefficient (Wildman–Crippen LogP) is 3.70. The molecule has 19 heavy (non-hydrogen) atoms. The Kier molecular flexibility index (Phi) is 5.11. The van der Waals surface area contributed by atoms with E-state index in [2.05, 4.69) is 20.9 Å². The maximum Gasteiger partial charge on any atom is 0.169 e. The van der Waals surface area contributed by atoms with Crippen LogP contribution in [0.15, 0.2) is 22.9 Å². The molecular formula is C15H20BrNO2. The van der Waals surface area contributed by atoms with E-state index in [0.29, 0.717) is 6.42 Å². The molecule has 0 atom stereocenters. The maximum atomic E-state index is 12.6. The van der Waals surface area contributed by atoms with Gasteiger partial charge < -0.3 is 4.74 Å². The third kappa shape index (κ3) is 3.63. The Morgan fingerprint density at radius 1 is 1.32 bits per heavy atom. The molecular weight excluding hydrogens is 306 g/mol. The summed E-state index contributed by atoms with van der Waals surface area (Å²) in [4.78, 5) is 16.7. The molecule has 0 radical (unpaired) electrons. The van der Waals surface area contributed by atoms with Crippen LogP contribution in [-0.2, 0) is 16.0 Å². The number of carbonyl (C=O) groups excluding carboxylic acids is 1. The average Bonchev–Trinajstić information content (AvgIpc) is 2.65. The van der Waals surface area contributed by atoms with Gasteiger partial charge in [0.1, 0.15) is 5.60 Å². The van der Waals surface area contributed by atoms with E-state index in [1.54, 1.807) is 19.5 Å². The second-order valence-electron chi connectivity index (χ2n) is 5.22. The molecule has 3 nitrogen and oxygen atoms in total. The van der Waals surface area contributed by atoms with Crippen molar-refractivity contribution >= 4 is 21.7 Å². The van der Waals surface area contributed by atoms with E-state index in [0.717, 1.165) is 35.7 Å². The number of halogens is 1. The van der Waals surface area contributed by atoms with Gasteiger partial charge in [-0.2, -0.15) is 0 Å². The molecule has 0 spiro atoms. The highest BCUT2D eigenvalue weighted by atomic mass is 79.9. The number of methoxy groups -OCH3 is 1. The fourth-order valence-corrected chi connectivity index (χ4v) is 3.21. The zero-order valence-electron chi connectivity index (χ0n) is 11.3. The van der Waals surface area contributed by atoms with E-state index in [-0.39, 0.29) is 5.78 Å². The summed E-state index contributed by atoms with van der Waals surface area (Å²) in [5.74, 6) is 0.191. The Morgan fingerprint density at radius 3 is 2.58 bits per heavy atom. The number of pyridine rings is 1. The van der Waals surface area contributed by atoms with Crippen LogP contribution in [0.5, 0.6) is 0 Å². The molecule has 1 aliphatic rings. The highest BCUT2D eigenvalue weighted by Crippen LogP contribution is 2.32. The average molecular weight is 326 g/mol. The van der Waals surface area contributed by atoms with Crippen LogP contribution in [-0.4, -0.2) is 23.5 Å². The third-order valence-corrected chi connectivity index (χ3v) is 4.37. The molecule has 104 valence electrons. The molecule has 0 amide bonds. The van der Waals surface area contributed by atoms with Crippen molar-refractivity contribution in [3.8, 4) is 0 Å². The lowest BCUT2D eigenvalue weighted by Gasteiger charge is -2.29. The minimum atomic E-state index is -0.571. The van der Waals surface area contributed by atoms with Gasteiger partial charge in [-0.25, -0.2) is 0 Å². The molecule has 1 saturated carbocycles. The standard InChI is InChI=1S/C15H20BrNO2/c1-19-15(6-4-2-3-5-7-15)14(18)9-12-8-13(16)11-17-10-12/h8,10-11H,2-7,9H2,1H3. The van der Waals surface area contributed by atoms with E-state index in [9.17, 15) is 4.79 Å². The lowest BCUT2D eigenvalue weighted by Crippen LogP contribution is -2.41. The summed E-state index contributed by atoms with van der Waals surface area (Å²) in [5, 5.41) is 0. The summed E-state index contributed by atoms with van der Waals surface area (Å²) in [7, 11) is 1.67. The molecule has 1 aliphatic carbocycles. The number of rotatable bonds is 4. The first kappa shape index (κ1) is 14.7. The zero-order valence-corrected chi connectivity index (χ0v) is 12.9. The Bertz CT molecular complexity index is 440. The summed E-state index contributed by atoms with van der Waals surface area (Å²) >= 11 is 3.39. The fraction of sp³-hybridized carbons (Fsp3) is 0.600. The minimum Gasteiger partial charge on any atom is -0.370 e. The van der Waals surface area contributed by atoms with Gasteiger partial charge >= 0.3 is 0 Å². The van der Waals surface area contributed by atoms with Gasteiger partial charge in [0, 0.05) is 30.4 Å². The third-order valence-electron chi connectivity index (χ3n) is 3.94. The summed E-state index contributed by atoms with van der Waals surface area (Å²) in [6.07, 6.45) is 10.2. The van der Waals surface area contributed by atoms with Crippen molar-refractivity contribution in [2.24, 2.45) is 0 Å². The van der Waals surface area contributed by atoms with Gasteiger partial charge in [0.25, 0.3) is 0 Å². The van der Waals surface area contributed by atoms with Crippen LogP contribution < -0.4 is 0 Å². The van der Waals surface area contributed by atoms with Gasteiger partial charge in [-0.15, -0.1) is 0 Å². The van der Waals surface area contributed by atoms with Gasteiger partial charge in [-0.1, -0.05) is 25.7 Å². The van der Waals surface area contributed by atoms with Crippen LogP contribution in [0.3, 0.4) is 0 Å². The molecule has 1 heterocycles. The molecule has 4 heteroatoms. The molecule has 0 aliphatic heterocycles. The second-order valence-corrected chi connectivity index (χ2v) is 6.14. The van der Waals surface area contributed by atoms with Gasteiger partial charge in [0.2, 0.25) is 0 Å². The normalized spacial score (nSPS) is 18.8. The fourth-order valence-electron chi connectivity index (χ4n) is 2.80. The van der Waals surface area contributed by atoms with Crippen molar-refractivity contribution in [1.29, 1.82) is 0 Å². The lowest BCUT2D eigenvalue weighted by molar-refractivity contribution is -0.142. The highest BCUT2D eigenvalue weighted by Gasteiger charge is 2.37. The molecule has 0 N–H and O–H groups in total. The van der Waals surface area contributed by atoms with E-state index in [1.807, 2.05) is 6.07 Å².